The van der Waals surface area contributed by atoms with Crippen LogP contribution in [0, 0.1) is 0 Å². The van der Waals surface area contributed by atoms with Gasteiger partial charge in [-0.2, -0.15) is 0 Å². The van der Waals surface area contributed by atoms with Crippen LogP contribution in [0.15, 0.2) is 78.9 Å². The van der Waals surface area contributed by atoms with Gasteiger partial charge in [0, 0.05) is 24.2 Å². The summed E-state index contributed by atoms with van der Waals surface area (Å²) in [5.41, 5.74) is 4.75. The third-order valence-corrected chi connectivity index (χ3v) is 4.56. The van der Waals surface area contributed by atoms with Crippen LogP contribution in [0.5, 0.6) is 0 Å². The van der Waals surface area contributed by atoms with E-state index in [0.29, 0.717) is 18.7 Å². The van der Waals surface area contributed by atoms with Crippen LogP contribution in [-0.4, -0.2) is 22.0 Å². The lowest BCUT2D eigenvalue weighted by Crippen LogP contribution is -2.22. The standard InChI is InChI=1S/C23H21N3O/c1-2-24-23(27)19-13-14-20-21(15-19)26(16-17-9-5-3-6-10-17)22(25-20)18-11-7-4-8-12-18/h3-15H,2,16H2,1H3,(H,24,27). The van der Waals surface area contributed by atoms with Crippen molar-refractivity contribution in [2.75, 3.05) is 6.54 Å². The van der Waals surface area contributed by atoms with E-state index in [4.69, 9.17) is 4.98 Å². The van der Waals surface area contributed by atoms with Gasteiger partial charge in [0.2, 0.25) is 0 Å². The predicted molar refractivity (Wildman–Crippen MR) is 109 cm³/mol. The van der Waals surface area contributed by atoms with E-state index in [1.165, 1.54) is 5.56 Å². The summed E-state index contributed by atoms with van der Waals surface area (Å²) < 4.78 is 2.18. The number of nitrogens with one attached hydrogen (secondary N) is 1. The monoisotopic (exact) mass is 355 g/mol. The number of benzene rings is 3. The zero-order valence-corrected chi connectivity index (χ0v) is 15.2. The predicted octanol–water partition coefficient (Wildman–Crippen LogP) is 4.50. The van der Waals surface area contributed by atoms with Crippen molar-refractivity contribution in [3.8, 4) is 11.4 Å². The maximum Gasteiger partial charge on any atom is 0.251 e. The quantitative estimate of drug-likeness (QED) is 0.573. The molecule has 0 unspecified atom stereocenters. The van der Waals surface area contributed by atoms with Crippen molar-refractivity contribution in [1.82, 2.24) is 14.9 Å². The van der Waals surface area contributed by atoms with Crippen LogP contribution in [0.4, 0.5) is 0 Å². The first-order chi connectivity index (χ1) is 13.3. The molecule has 1 aromatic heterocycles. The normalized spacial score (nSPS) is 10.9. The zero-order valence-electron chi connectivity index (χ0n) is 15.2. The van der Waals surface area contributed by atoms with Crippen LogP contribution in [0.3, 0.4) is 0 Å². The van der Waals surface area contributed by atoms with E-state index < -0.39 is 0 Å². The summed E-state index contributed by atoms with van der Waals surface area (Å²) in [6, 6.07) is 26.2. The molecule has 1 heterocycles. The lowest BCUT2D eigenvalue weighted by atomic mass is 10.1. The van der Waals surface area contributed by atoms with Gasteiger partial charge in [0.05, 0.1) is 11.0 Å². The van der Waals surface area contributed by atoms with Crippen LogP contribution in [-0.2, 0) is 6.54 Å². The maximum absolute atomic E-state index is 12.3. The topological polar surface area (TPSA) is 46.9 Å². The van der Waals surface area contributed by atoms with Gasteiger partial charge in [0.15, 0.2) is 0 Å². The fourth-order valence-electron chi connectivity index (χ4n) is 3.26. The molecule has 0 atom stereocenters. The first-order valence-electron chi connectivity index (χ1n) is 9.14. The lowest BCUT2D eigenvalue weighted by molar-refractivity contribution is 0.0956. The van der Waals surface area contributed by atoms with Gasteiger partial charge in [-0.25, -0.2) is 4.98 Å². The molecule has 0 saturated carbocycles. The number of imidazole rings is 1. The Kier molecular flexibility index (Phi) is 4.71. The van der Waals surface area contributed by atoms with Crippen molar-refractivity contribution in [3.63, 3.8) is 0 Å². The van der Waals surface area contributed by atoms with Gasteiger partial charge in [-0.05, 0) is 30.7 Å². The minimum Gasteiger partial charge on any atom is -0.352 e. The zero-order chi connectivity index (χ0) is 18.6. The highest BCUT2D eigenvalue weighted by Gasteiger charge is 2.15. The van der Waals surface area contributed by atoms with Crippen molar-refractivity contribution in [2.24, 2.45) is 0 Å². The Morgan fingerprint density at radius 3 is 2.37 bits per heavy atom. The summed E-state index contributed by atoms with van der Waals surface area (Å²) in [6.45, 7) is 3.22. The molecule has 0 aliphatic rings. The Balaban J connectivity index is 1.88. The Bertz CT molecular complexity index is 1070. The van der Waals surface area contributed by atoms with Crippen molar-refractivity contribution in [1.29, 1.82) is 0 Å². The van der Waals surface area contributed by atoms with Crippen molar-refractivity contribution in [3.05, 3.63) is 90.0 Å². The van der Waals surface area contributed by atoms with E-state index in [-0.39, 0.29) is 5.91 Å². The number of aromatic nitrogens is 2. The molecular weight excluding hydrogens is 334 g/mol. The molecule has 0 saturated heterocycles. The highest BCUT2D eigenvalue weighted by molar-refractivity contribution is 5.97. The molecule has 0 fully saturated rings. The van der Waals surface area contributed by atoms with E-state index in [1.54, 1.807) is 0 Å². The maximum atomic E-state index is 12.3. The fraction of sp³-hybridized carbons (Fsp3) is 0.130. The summed E-state index contributed by atoms with van der Waals surface area (Å²) in [7, 11) is 0. The third kappa shape index (κ3) is 3.47. The van der Waals surface area contributed by atoms with Gasteiger partial charge in [0.1, 0.15) is 5.82 Å². The number of fused-ring (bicyclic) bond motifs is 1. The molecule has 134 valence electrons. The number of hydrogen-bond acceptors (Lipinski definition) is 2. The molecule has 4 aromatic rings. The summed E-state index contributed by atoms with van der Waals surface area (Å²) >= 11 is 0. The van der Waals surface area contributed by atoms with Crippen LogP contribution >= 0.6 is 0 Å². The molecule has 4 nitrogen and oxygen atoms in total. The van der Waals surface area contributed by atoms with Crippen LogP contribution in [0.2, 0.25) is 0 Å². The molecule has 4 rings (SSSR count). The van der Waals surface area contributed by atoms with Gasteiger partial charge in [-0.1, -0.05) is 60.7 Å². The van der Waals surface area contributed by atoms with Crippen LogP contribution in [0.1, 0.15) is 22.8 Å². The molecule has 0 aliphatic heterocycles. The lowest BCUT2D eigenvalue weighted by Gasteiger charge is -2.10. The molecule has 0 bridgehead atoms. The Morgan fingerprint density at radius 1 is 0.963 bits per heavy atom. The average Bonchev–Trinajstić information content (AvgIpc) is 3.07. The van der Waals surface area contributed by atoms with Gasteiger partial charge < -0.3 is 9.88 Å². The van der Waals surface area contributed by atoms with Crippen LogP contribution in [0.25, 0.3) is 22.4 Å². The molecule has 1 N–H and O–H groups in total. The minimum absolute atomic E-state index is 0.0619. The van der Waals surface area contributed by atoms with Gasteiger partial charge in [0.25, 0.3) is 5.91 Å². The first kappa shape index (κ1) is 17.0. The number of hydrogen-bond donors (Lipinski definition) is 1. The Labute approximate surface area is 158 Å². The first-order valence-corrected chi connectivity index (χ1v) is 9.14. The second-order valence-corrected chi connectivity index (χ2v) is 6.44. The molecule has 0 spiro atoms. The molecule has 4 heteroatoms. The number of carbonyl (C=O) groups excluding carboxylic acids is 1. The summed E-state index contributed by atoms with van der Waals surface area (Å²) in [6.07, 6.45) is 0. The third-order valence-electron chi connectivity index (χ3n) is 4.56. The number of nitrogens with zero attached hydrogens (tertiary/aromatic N) is 2. The summed E-state index contributed by atoms with van der Waals surface area (Å²) in [4.78, 5) is 17.2. The van der Waals surface area contributed by atoms with E-state index in [2.05, 4.69) is 34.1 Å². The molecule has 3 aromatic carbocycles. The Morgan fingerprint density at radius 2 is 1.67 bits per heavy atom. The highest BCUT2D eigenvalue weighted by Crippen LogP contribution is 2.26. The van der Waals surface area contributed by atoms with E-state index in [0.717, 1.165) is 22.4 Å². The Hall–Kier alpha value is -3.40. The van der Waals surface area contributed by atoms with Gasteiger partial charge >= 0.3 is 0 Å². The van der Waals surface area contributed by atoms with Crippen molar-refractivity contribution >= 4 is 16.9 Å². The van der Waals surface area contributed by atoms with Gasteiger partial charge in [-0.3, -0.25) is 4.79 Å². The fourth-order valence-corrected chi connectivity index (χ4v) is 3.26. The number of amides is 1. The molecule has 1 amide bonds. The van der Waals surface area contributed by atoms with Gasteiger partial charge in [-0.15, -0.1) is 0 Å². The SMILES string of the molecule is CCNC(=O)c1ccc2nc(-c3ccccc3)n(Cc3ccccc3)c2c1. The van der Waals surface area contributed by atoms with Crippen LogP contribution < -0.4 is 5.32 Å². The molecule has 27 heavy (non-hydrogen) atoms. The van der Waals surface area contributed by atoms with Crippen molar-refractivity contribution in [2.45, 2.75) is 13.5 Å². The second kappa shape index (κ2) is 7.46. The largest absolute Gasteiger partial charge is 0.352 e. The highest BCUT2D eigenvalue weighted by atomic mass is 16.1. The van der Waals surface area contributed by atoms with Crippen molar-refractivity contribution < 1.29 is 4.79 Å². The van der Waals surface area contributed by atoms with E-state index in [1.807, 2.05) is 61.5 Å². The molecule has 0 aliphatic carbocycles. The molecular formula is C23H21N3O. The number of carbonyl (C=O) groups is 1. The average molecular weight is 355 g/mol. The van der Waals surface area contributed by atoms with E-state index >= 15 is 0 Å². The second-order valence-electron chi connectivity index (χ2n) is 6.44. The van der Waals surface area contributed by atoms with E-state index in [9.17, 15) is 4.79 Å². The summed E-state index contributed by atoms with van der Waals surface area (Å²) in [5, 5.41) is 2.87. The summed E-state index contributed by atoms with van der Waals surface area (Å²) in [5.74, 6) is 0.843. The molecule has 0 radical (unpaired) electrons. The number of rotatable bonds is 5. The minimum atomic E-state index is -0.0619. The smallest absolute Gasteiger partial charge is 0.251 e.